The maximum atomic E-state index is 6.90. The highest BCUT2D eigenvalue weighted by Crippen LogP contribution is 2.48. The molecule has 0 saturated carbocycles. The van der Waals surface area contributed by atoms with E-state index in [0.29, 0.717) is 0 Å². The van der Waals surface area contributed by atoms with Crippen LogP contribution in [0.3, 0.4) is 0 Å². The van der Waals surface area contributed by atoms with Gasteiger partial charge in [-0.15, -0.1) is 11.3 Å². The number of hydrogen-bond acceptors (Lipinski definition) is 2. The smallest absolute Gasteiger partial charge is 0.143 e. The molecule has 0 atom stereocenters. The minimum atomic E-state index is 0.929. The average molecular weight is 779 g/mol. The van der Waals surface area contributed by atoms with Gasteiger partial charge in [0.15, 0.2) is 0 Å². The molecule has 2 aromatic heterocycles. The molecule has 11 aromatic carbocycles. The minimum Gasteiger partial charge on any atom is -0.455 e. The van der Waals surface area contributed by atoms with Gasteiger partial charge in [-0.1, -0.05) is 176 Å². The van der Waals surface area contributed by atoms with E-state index in [9.17, 15) is 0 Å². The summed E-state index contributed by atoms with van der Waals surface area (Å²) in [7, 11) is 0. The molecule has 0 N–H and O–H groups in total. The molecule has 0 radical (unpaired) electrons. The highest BCUT2D eigenvalue weighted by Gasteiger charge is 2.21. The molecule has 0 spiro atoms. The Bertz CT molecular complexity index is 3820. The van der Waals surface area contributed by atoms with Gasteiger partial charge >= 0.3 is 0 Å². The Balaban J connectivity index is 1.000. The number of furan rings is 1. The van der Waals surface area contributed by atoms with Crippen molar-refractivity contribution in [1.82, 2.24) is 0 Å². The van der Waals surface area contributed by atoms with Gasteiger partial charge in [0.2, 0.25) is 0 Å². The molecule has 13 rings (SSSR count). The van der Waals surface area contributed by atoms with Crippen molar-refractivity contribution in [3.05, 3.63) is 206 Å². The van der Waals surface area contributed by atoms with Crippen molar-refractivity contribution in [1.29, 1.82) is 0 Å². The largest absolute Gasteiger partial charge is 0.455 e. The van der Waals surface area contributed by atoms with Gasteiger partial charge in [-0.3, -0.25) is 0 Å². The van der Waals surface area contributed by atoms with Gasteiger partial charge in [-0.2, -0.15) is 0 Å². The SMILES string of the molecule is c1cc(-c2cccc3ccccc23)cc(-c2c3ccccc3c(-c3ccc(-c4c5ccccc5cc5c4oc4ccc6c7ccccc7sc6c45)cc3)c3ccccc23)c1. The van der Waals surface area contributed by atoms with Crippen LogP contribution in [0.2, 0.25) is 0 Å². The third kappa shape index (κ3) is 4.92. The molecule has 0 aliphatic rings. The molecule has 60 heavy (non-hydrogen) atoms. The van der Waals surface area contributed by atoms with Gasteiger partial charge in [0.1, 0.15) is 11.2 Å². The van der Waals surface area contributed by atoms with Crippen LogP contribution in [0.15, 0.2) is 211 Å². The van der Waals surface area contributed by atoms with Crippen LogP contribution in [0.1, 0.15) is 0 Å². The van der Waals surface area contributed by atoms with Crippen molar-refractivity contribution >= 4 is 96.5 Å². The zero-order valence-electron chi connectivity index (χ0n) is 32.4. The first-order valence-corrected chi connectivity index (χ1v) is 21.4. The van der Waals surface area contributed by atoms with E-state index in [1.165, 1.54) is 102 Å². The second-order valence-corrected chi connectivity index (χ2v) is 16.9. The van der Waals surface area contributed by atoms with Gasteiger partial charge in [0.25, 0.3) is 0 Å². The molecule has 0 unspecified atom stereocenters. The second kappa shape index (κ2) is 13.0. The zero-order chi connectivity index (χ0) is 39.3. The molecular formula is C58H34OS. The van der Waals surface area contributed by atoms with Gasteiger partial charge < -0.3 is 4.42 Å². The van der Waals surface area contributed by atoms with Gasteiger partial charge in [-0.25, -0.2) is 0 Å². The third-order valence-electron chi connectivity index (χ3n) is 12.6. The lowest BCUT2D eigenvalue weighted by atomic mass is 9.85. The number of fused-ring (bicyclic) bond motifs is 11. The van der Waals surface area contributed by atoms with Crippen LogP contribution in [0.4, 0.5) is 0 Å². The highest BCUT2D eigenvalue weighted by atomic mass is 32.1. The Morgan fingerprint density at radius 3 is 1.60 bits per heavy atom. The van der Waals surface area contributed by atoms with E-state index in [4.69, 9.17) is 4.42 Å². The van der Waals surface area contributed by atoms with Crippen molar-refractivity contribution in [2.24, 2.45) is 0 Å². The van der Waals surface area contributed by atoms with E-state index in [-0.39, 0.29) is 0 Å². The molecule has 0 saturated heterocycles. The van der Waals surface area contributed by atoms with Crippen LogP contribution in [0.25, 0.3) is 130 Å². The summed E-state index contributed by atoms with van der Waals surface area (Å²) in [6, 6.07) is 75.6. The molecule has 0 aliphatic carbocycles. The summed E-state index contributed by atoms with van der Waals surface area (Å²) in [4.78, 5) is 0. The minimum absolute atomic E-state index is 0.929. The topological polar surface area (TPSA) is 13.1 Å². The van der Waals surface area contributed by atoms with Crippen molar-refractivity contribution in [2.45, 2.75) is 0 Å². The van der Waals surface area contributed by atoms with E-state index in [2.05, 4.69) is 206 Å². The normalized spacial score (nSPS) is 12.0. The summed E-state index contributed by atoms with van der Waals surface area (Å²) in [5.74, 6) is 0. The molecule has 13 aromatic rings. The molecule has 0 fully saturated rings. The summed E-state index contributed by atoms with van der Waals surface area (Å²) >= 11 is 1.86. The zero-order valence-corrected chi connectivity index (χ0v) is 33.3. The Labute approximate surface area is 350 Å². The lowest BCUT2D eigenvalue weighted by molar-refractivity contribution is 0.671. The first kappa shape index (κ1) is 33.5. The molecule has 0 amide bonds. The summed E-state index contributed by atoms with van der Waals surface area (Å²) in [5, 5.41) is 14.8. The lowest BCUT2D eigenvalue weighted by Crippen LogP contribution is -1.91. The predicted octanol–water partition coefficient (Wildman–Crippen LogP) is 17.2. The monoisotopic (exact) mass is 778 g/mol. The van der Waals surface area contributed by atoms with Crippen LogP contribution in [0.5, 0.6) is 0 Å². The number of thiophene rings is 1. The van der Waals surface area contributed by atoms with Gasteiger partial charge in [0, 0.05) is 36.5 Å². The average Bonchev–Trinajstić information content (AvgIpc) is 3.88. The van der Waals surface area contributed by atoms with Crippen LogP contribution in [-0.4, -0.2) is 0 Å². The lowest BCUT2D eigenvalue weighted by Gasteiger charge is -2.18. The van der Waals surface area contributed by atoms with Gasteiger partial charge in [0.05, 0.1) is 0 Å². The maximum absolute atomic E-state index is 6.90. The van der Waals surface area contributed by atoms with Crippen LogP contribution < -0.4 is 0 Å². The van der Waals surface area contributed by atoms with Crippen molar-refractivity contribution in [3.8, 4) is 44.5 Å². The highest BCUT2D eigenvalue weighted by molar-refractivity contribution is 7.26. The molecule has 0 aliphatic heterocycles. The molecule has 2 heterocycles. The fraction of sp³-hybridized carbons (Fsp3) is 0. The Kier molecular flexibility index (Phi) is 7.24. The van der Waals surface area contributed by atoms with E-state index >= 15 is 0 Å². The summed E-state index contributed by atoms with van der Waals surface area (Å²) in [6.45, 7) is 0. The Morgan fingerprint density at radius 2 is 0.867 bits per heavy atom. The van der Waals surface area contributed by atoms with Crippen molar-refractivity contribution < 1.29 is 4.42 Å². The maximum Gasteiger partial charge on any atom is 0.143 e. The summed E-state index contributed by atoms with van der Waals surface area (Å²) < 4.78 is 9.48. The molecular weight excluding hydrogens is 745 g/mol. The number of rotatable bonds is 4. The third-order valence-corrected chi connectivity index (χ3v) is 13.8. The Morgan fingerprint density at radius 1 is 0.317 bits per heavy atom. The number of benzene rings is 11. The van der Waals surface area contributed by atoms with Crippen molar-refractivity contribution in [3.63, 3.8) is 0 Å². The molecule has 1 nitrogen and oxygen atoms in total. The fourth-order valence-corrected chi connectivity index (χ4v) is 11.3. The first-order chi connectivity index (χ1) is 29.8. The predicted molar refractivity (Wildman–Crippen MR) is 258 cm³/mol. The summed E-state index contributed by atoms with van der Waals surface area (Å²) in [5.41, 5.74) is 11.5. The van der Waals surface area contributed by atoms with Crippen LogP contribution >= 0.6 is 11.3 Å². The second-order valence-electron chi connectivity index (χ2n) is 15.9. The number of hydrogen-bond donors (Lipinski definition) is 0. The quantitative estimate of drug-likeness (QED) is 0.162. The van der Waals surface area contributed by atoms with E-state index in [1.54, 1.807) is 0 Å². The standard InChI is InChI=1S/C58H34OS/c1-3-18-41-35(13-1)15-12-25-42(41)38-16-11-17-40(33-38)54-47-23-7-5-21-45(47)53(46-22-6-8-24-48(46)54)36-27-29-37(30-28-36)55-43-19-4-2-14-39(43)34-50-56-51(59-57(50)55)32-31-49-44-20-9-10-26-52(44)60-58(49)56/h1-34H. The molecule has 0 bridgehead atoms. The van der Waals surface area contributed by atoms with Crippen LogP contribution in [-0.2, 0) is 0 Å². The Hall–Kier alpha value is -7.52. The van der Waals surface area contributed by atoms with Crippen molar-refractivity contribution in [2.75, 3.05) is 0 Å². The van der Waals surface area contributed by atoms with E-state index < -0.39 is 0 Å². The summed E-state index contributed by atoms with van der Waals surface area (Å²) in [6.07, 6.45) is 0. The van der Waals surface area contributed by atoms with E-state index in [1.807, 2.05) is 11.3 Å². The fourth-order valence-electron chi connectivity index (χ4n) is 10.0. The van der Waals surface area contributed by atoms with Gasteiger partial charge in [-0.05, 0) is 112 Å². The van der Waals surface area contributed by atoms with Crippen LogP contribution in [0, 0.1) is 0 Å². The van der Waals surface area contributed by atoms with E-state index in [0.717, 1.165) is 27.7 Å². The first-order valence-electron chi connectivity index (χ1n) is 20.6. The molecule has 2 heteroatoms. The molecule has 278 valence electrons.